The van der Waals surface area contributed by atoms with E-state index in [4.69, 9.17) is 11.7 Å². The Balaban J connectivity index is 3.02. The highest BCUT2D eigenvalue weighted by atomic mass is 79.9. The van der Waals surface area contributed by atoms with Crippen LogP contribution in [-0.2, 0) is 0 Å². The Morgan fingerprint density at radius 3 is 2.79 bits per heavy atom. The molecule has 0 aliphatic carbocycles. The summed E-state index contributed by atoms with van der Waals surface area (Å²) in [6.45, 7) is 0.546. The summed E-state index contributed by atoms with van der Waals surface area (Å²) >= 11 is 3.40. The van der Waals surface area contributed by atoms with Crippen LogP contribution in [0.15, 0.2) is 22.7 Å². The van der Waals surface area contributed by atoms with E-state index in [0.29, 0.717) is 12.1 Å². The third-order valence-corrected chi connectivity index (χ3v) is 2.45. The predicted molar refractivity (Wildman–Crippen MR) is 61.0 cm³/mol. The number of nitriles is 1. The maximum absolute atomic E-state index is 8.68. The van der Waals surface area contributed by atoms with Gasteiger partial charge >= 0.3 is 0 Å². The molecule has 14 heavy (non-hydrogen) atoms. The molecule has 0 fully saturated rings. The molecule has 3 heteroatoms. The second-order valence-corrected chi connectivity index (χ2v) is 3.69. The van der Waals surface area contributed by atoms with Crippen LogP contribution in [0.3, 0.4) is 0 Å². The van der Waals surface area contributed by atoms with E-state index in [9.17, 15) is 0 Å². The minimum Gasteiger partial charge on any atom is -0.363 e. The molecule has 0 N–H and O–H groups in total. The Bertz CT molecular complexity index is 412. The third kappa shape index (κ3) is 2.28. The fourth-order valence-corrected chi connectivity index (χ4v) is 1.79. The zero-order valence-electron chi connectivity index (χ0n) is 7.79. The monoisotopic (exact) mass is 248 g/mol. The van der Waals surface area contributed by atoms with Gasteiger partial charge in [-0.25, -0.2) is 0 Å². The van der Waals surface area contributed by atoms with Gasteiger partial charge in [0.15, 0.2) is 0 Å². The molecule has 0 unspecified atom stereocenters. The molecule has 70 valence electrons. The lowest BCUT2D eigenvalue weighted by atomic mass is 10.2. The highest BCUT2D eigenvalue weighted by molar-refractivity contribution is 9.10. The number of hydrogen-bond donors (Lipinski definition) is 0. The number of benzene rings is 1. The number of terminal acetylenes is 1. The van der Waals surface area contributed by atoms with Crippen molar-refractivity contribution in [2.75, 3.05) is 18.5 Å². The van der Waals surface area contributed by atoms with Gasteiger partial charge in [0.1, 0.15) is 0 Å². The molecule has 1 rings (SSSR count). The largest absolute Gasteiger partial charge is 0.363 e. The van der Waals surface area contributed by atoms with Gasteiger partial charge in [-0.2, -0.15) is 5.26 Å². The zero-order valence-corrected chi connectivity index (χ0v) is 9.37. The molecule has 0 bridgehead atoms. The van der Waals surface area contributed by atoms with Crippen molar-refractivity contribution < 1.29 is 0 Å². The topological polar surface area (TPSA) is 27.0 Å². The lowest BCUT2D eigenvalue weighted by molar-refractivity contribution is 1.05. The highest BCUT2D eigenvalue weighted by Crippen LogP contribution is 2.25. The minimum absolute atomic E-state index is 0.546. The molecule has 0 atom stereocenters. The number of halogens is 1. The van der Waals surface area contributed by atoms with E-state index < -0.39 is 0 Å². The summed E-state index contributed by atoms with van der Waals surface area (Å²) in [5.74, 6) is 2.56. The maximum Gasteiger partial charge on any atom is 0.0992 e. The van der Waals surface area contributed by atoms with Gasteiger partial charge in [0, 0.05) is 11.5 Å². The van der Waals surface area contributed by atoms with Crippen molar-refractivity contribution in [1.29, 1.82) is 5.26 Å². The van der Waals surface area contributed by atoms with Crippen LogP contribution >= 0.6 is 15.9 Å². The van der Waals surface area contributed by atoms with Crippen molar-refractivity contribution in [2.24, 2.45) is 0 Å². The fraction of sp³-hybridized carbons (Fsp3) is 0.182. The molecular formula is C11H9BrN2. The Kier molecular flexibility index (Phi) is 3.56. The standard InChI is InChI=1S/C11H9BrN2/c1-3-6-14(2)11-5-4-9(8-13)7-10(11)12/h1,4-5,7H,6H2,2H3. The minimum atomic E-state index is 0.546. The summed E-state index contributed by atoms with van der Waals surface area (Å²) < 4.78 is 0.884. The second kappa shape index (κ2) is 4.69. The van der Waals surface area contributed by atoms with Crippen LogP contribution in [0, 0.1) is 23.7 Å². The zero-order chi connectivity index (χ0) is 10.6. The summed E-state index contributed by atoms with van der Waals surface area (Å²) in [5.41, 5.74) is 1.62. The van der Waals surface area contributed by atoms with E-state index in [0.717, 1.165) is 10.2 Å². The van der Waals surface area contributed by atoms with Gasteiger partial charge in [0.2, 0.25) is 0 Å². The first-order chi connectivity index (χ1) is 6.69. The second-order valence-electron chi connectivity index (χ2n) is 2.84. The van der Waals surface area contributed by atoms with E-state index >= 15 is 0 Å². The Morgan fingerprint density at radius 2 is 2.29 bits per heavy atom. The average molecular weight is 249 g/mol. The van der Waals surface area contributed by atoms with Crippen LogP contribution in [0.4, 0.5) is 5.69 Å². The van der Waals surface area contributed by atoms with Gasteiger partial charge in [-0.15, -0.1) is 6.42 Å². The molecule has 1 aromatic rings. The molecule has 0 saturated carbocycles. The summed E-state index contributed by atoms with van der Waals surface area (Å²) in [6.07, 6.45) is 5.21. The average Bonchev–Trinajstić information content (AvgIpc) is 2.17. The third-order valence-electron chi connectivity index (χ3n) is 1.82. The van der Waals surface area contributed by atoms with E-state index in [-0.39, 0.29) is 0 Å². The molecule has 0 radical (unpaired) electrons. The van der Waals surface area contributed by atoms with Crippen LogP contribution < -0.4 is 4.90 Å². The van der Waals surface area contributed by atoms with Gasteiger partial charge in [0.25, 0.3) is 0 Å². The molecule has 0 heterocycles. The van der Waals surface area contributed by atoms with E-state index in [1.165, 1.54) is 0 Å². The molecule has 0 aromatic heterocycles. The Labute approximate surface area is 92.3 Å². The molecule has 0 saturated heterocycles. The molecular weight excluding hydrogens is 240 g/mol. The van der Waals surface area contributed by atoms with Gasteiger partial charge in [0.05, 0.1) is 23.9 Å². The smallest absolute Gasteiger partial charge is 0.0992 e. The molecule has 0 aliphatic rings. The number of nitrogens with zero attached hydrogens (tertiary/aromatic N) is 2. The van der Waals surface area contributed by atoms with Crippen molar-refractivity contribution in [3.8, 4) is 18.4 Å². The van der Waals surface area contributed by atoms with Crippen LogP contribution in [-0.4, -0.2) is 13.6 Å². The summed E-state index contributed by atoms with van der Waals surface area (Å²) in [6, 6.07) is 7.50. The quantitative estimate of drug-likeness (QED) is 0.752. The van der Waals surface area contributed by atoms with E-state index in [1.807, 2.05) is 18.0 Å². The number of rotatable bonds is 2. The number of hydrogen-bond acceptors (Lipinski definition) is 2. The summed E-state index contributed by atoms with van der Waals surface area (Å²) in [5, 5.41) is 8.68. The maximum atomic E-state index is 8.68. The van der Waals surface area contributed by atoms with Crippen LogP contribution in [0.25, 0.3) is 0 Å². The van der Waals surface area contributed by atoms with Crippen LogP contribution in [0.2, 0.25) is 0 Å². The van der Waals surface area contributed by atoms with Crippen molar-refractivity contribution in [3.05, 3.63) is 28.2 Å². The van der Waals surface area contributed by atoms with Crippen molar-refractivity contribution in [1.82, 2.24) is 0 Å². The summed E-state index contributed by atoms with van der Waals surface area (Å²) in [4.78, 5) is 1.94. The highest BCUT2D eigenvalue weighted by Gasteiger charge is 2.04. The van der Waals surface area contributed by atoms with E-state index in [2.05, 4.69) is 27.9 Å². The van der Waals surface area contributed by atoms with Crippen LogP contribution in [0.5, 0.6) is 0 Å². The van der Waals surface area contributed by atoms with Gasteiger partial charge in [-0.1, -0.05) is 5.92 Å². The van der Waals surface area contributed by atoms with Crippen molar-refractivity contribution in [2.45, 2.75) is 0 Å². The molecule has 0 spiro atoms. The van der Waals surface area contributed by atoms with Crippen molar-refractivity contribution >= 4 is 21.6 Å². The Morgan fingerprint density at radius 1 is 1.57 bits per heavy atom. The number of anilines is 1. The van der Waals surface area contributed by atoms with Gasteiger partial charge in [-0.3, -0.25) is 0 Å². The van der Waals surface area contributed by atoms with Crippen LogP contribution in [0.1, 0.15) is 5.56 Å². The molecule has 0 aliphatic heterocycles. The SMILES string of the molecule is C#CCN(C)c1ccc(C#N)cc1Br. The van der Waals surface area contributed by atoms with E-state index in [1.54, 1.807) is 12.1 Å². The normalized spacial score (nSPS) is 8.86. The Hall–Kier alpha value is -1.45. The molecule has 0 amide bonds. The predicted octanol–water partition coefficient (Wildman–Crippen LogP) is 2.39. The first-order valence-electron chi connectivity index (χ1n) is 4.03. The summed E-state index contributed by atoms with van der Waals surface area (Å²) in [7, 11) is 1.91. The van der Waals surface area contributed by atoms with Gasteiger partial charge < -0.3 is 4.90 Å². The molecule has 1 aromatic carbocycles. The lowest BCUT2D eigenvalue weighted by Gasteiger charge is -2.17. The lowest BCUT2D eigenvalue weighted by Crippen LogP contribution is -2.17. The first kappa shape index (κ1) is 10.6. The molecule has 2 nitrogen and oxygen atoms in total. The van der Waals surface area contributed by atoms with Gasteiger partial charge in [-0.05, 0) is 34.1 Å². The first-order valence-corrected chi connectivity index (χ1v) is 4.82. The fourth-order valence-electron chi connectivity index (χ4n) is 1.11. The van der Waals surface area contributed by atoms with Crippen molar-refractivity contribution in [3.63, 3.8) is 0 Å².